The summed E-state index contributed by atoms with van der Waals surface area (Å²) in [6, 6.07) is 19.3. The average molecular weight is 297 g/mol. The first-order chi connectivity index (χ1) is 10.9. The zero-order valence-electron chi connectivity index (χ0n) is 12.9. The van der Waals surface area contributed by atoms with E-state index in [0.29, 0.717) is 12.6 Å². The minimum absolute atomic E-state index is 0.283. The van der Waals surface area contributed by atoms with E-state index in [-0.39, 0.29) is 6.04 Å². The average Bonchev–Trinajstić information content (AvgIpc) is 3.03. The highest BCUT2D eigenvalue weighted by Gasteiger charge is 2.26. The van der Waals surface area contributed by atoms with Crippen molar-refractivity contribution in [2.24, 2.45) is 0 Å². The first kappa shape index (κ1) is 15.0. The first-order valence-corrected chi connectivity index (χ1v) is 7.78. The Morgan fingerprint density at radius 1 is 1.05 bits per heavy atom. The van der Waals surface area contributed by atoms with Crippen LogP contribution in [-0.4, -0.2) is 19.6 Å². The van der Waals surface area contributed by atoms with Gasteiger partial charge in [0.25, 0.3) is 0 Å². The molecule has 0 bridgehead atoms. The van der Waals surface area contributed by atoms with Crippen molar-refractivity contribution < 1.29 is 4.74 Å². The molecule has 4 heteroatoms. The van der Waals surface area contributed by atoms with E-state index in [1.54, 1.807) is 0 Å². The van der Waals surface area contributed by atoms with E-state index in [0.717, 1.165) is 18.7 Å². The second-order valence-corrected chi connectivity index (χ2v) is 5.64. The lowest BCUT2D eigenvalue weighted by atomic mass is 10.0. The van der Waals surface area contributed by atoms with Gasteiger partial charge >= 0.3 is 0 Å². The standard InChI is InChI=1S/C18H23N3O/c1-19-12-15-11-17(21-20-15)16-9-5-6-10-18(16)22-13-14-7-3-2-4-8-14/h2-10,15,17,19-21H,11-13H2,1H3. The molecule has 2 atom stereocenters. The molecule has 1 heterocycles. The van der Waals surface area contributed by atoms with Gasteiger partial charge in [-0.1, -0.05) is 48.5 Å². The molecule has 0 spiro atoms. The number of benzene rings is 2. The minimum atomic E-state index is 0.283. The van der Waals surface area contributed by atoms with Gasteiger partial charge in [0.2, 0.25) is 0 Å². The van der Waals surface area contributed by atoms with Crippen LogP contribution in [0.4, 0.5) is 0 Å². The van der Waals surface area contributed by atoms with Crippen molar-refractivity contribution in [3.8, 4) is 5.75 Å². The number of hydrazine groups is 1. The van der Waals surface area contributed by atoms with E-state index in [9.17, 15) is 0 Å². The quantitative estimate of drug-likeness (QED) is 0.766. The van der Waals surface area contributed by atoms with Crippen molar-refractivity contribution in [1.29, 1.82) is 0 Å². The van der Waals surface area contributed by atoms with Crippen molar-refractivity contribution in [3.63, 3.8) is 0 Å². The fraction of sp³-hybridized carbons (Fsp3) is 0.333. The molecule has 0 saturated carbocycles. The highest BCUT2D eigenvalue weighted by molar-refractivity contribution is 5.36. The zero-order chi connectivity index (χ0) is 15.2. The van der Waals surface area contributed by atoms with E-state index < -0.39 is 0 Å². The molecule has 2 aromatic rings. The van der Waals surface area contributed by atoms with E-state index in [2.05, 4.69) is 40.4 Å². The fourth-order valence-corrected chi connectivity index (χ4v) is 2.84. The third-order valence-electron chi connectivity index (χ3n) is 3.96. The lowest BCUT2D eigenvalue weighted by Crippen LogP contribution is -2.36. The van der Waals surface area contributed by atoms with Crippen LogP contribution in [0, 0.1) is 0 Å². The van der Waals surface area contributed by atoms with Gasteiger partial charge in [-0.25, -0.2) is 5.43 Å². The van der Waals surface area contributed by atoms with Crippen molar-refractivity contribution in [1.82, 2.24) is 16.2 Å². The molecule has 1 aliphatic heterocycles. The summed E-state index contributed by atoms with van der Waals surface area (Å²) >= 11 is 0. The first-order valence-electron chi connectivity index (χ1n) is 7.78. The summed E-state index contributed by atoms with van der Waals surface area (Å²) in [5, 5.41) is 3.21. The lowest BCUT2D eigenvalue weighted by molar-refractivity contribution is 0.299. The molecule has 3 rings (SSSR count). The Morgan fingerprint density at radius 3 is 2.64 bits per heavy atom. The van der Waals surface area contributed by atoms with Crippen LogP contribution in [0.5, 0.6) is 5.75 Å². The van der Waals surface area contributed by atoms with Crippen LogP contribution >= 0.6 is 0 Å². The highest BCUT2D eigenvalue weighted by atomic mass is 16.5. The molecule has 3 N–H and O–H groups in total. The molecule has 2 aromatic carbocycles. The Labute approximate surface area is 131 Å². The smallest absolute Gasteiger partial charge is 0.124 e. The molecular formula is C18H23N3O. The molecule has 0 aliphatic carbocycles. The number of nitrogens with one attached hydrogen (secondary N) is 3. The molecular weight excluding hydrogens is 274 g/mol. The molecule has 0 radical (unpaired) electrons. The predicted octanol–water partition coefficient (Wildman–Crippen LogP) is 2.39. The van der Waals surface area contributed by atoms with Crippen molar-refractivity contribution >= 4 is 0 Å². The number of ether oxygens (including phenoxy) is 1. The van der Waals surface area contributed by atoms with Gasteiger partial charge in [-0.05, 0) is 25.1 Å². The van der Waals surface area contributed by atoms with Gasteiger partial charge in [-0.15, -0.1) is 0 Å². The van der Waals surface area contributed by atoms with E-state index >= 15 is 0 Å². The Kier molecular flexibility index (Phi) is 5.06. The van der Waals surface area contributed by atoms with Crippen molar-refractivity contribution in [2.45, 2.75) is 25.1 Å². The summed E-state index contributed by atoms with van der Waals surface area (Å²) in [7, 11) is 1.98. The molecule has 2 unspecified atom stereocenters. The minimum Gasteiger partial charge on any atom is -0.489 e. The monoisotopic (exact) mass is 297 g/mol. The Morgan fingerprint density at radius 2 is 1.82 bits per heavy atom. The maximum Gasteiger partial charge on any atom is 0.124 e. The van der Waals surface area contributed by atoms with Crippen molar-refractivity contribution in [3.05, 3.63) is 65.7 Å². The summed E-state index contributed by atoms with van der Waals surface area (Å²) in [5.41, 5.74) is 9.11. The second-order valence-electron chi connectivity index (χ2n) is 5.64. The SMILES string of the molecule is CNCC1CC(c2ccccc2OCc2ccccc2)NN1. The third-order valence-corrected chi connectivity index (χ3v) is 3.96. The van der Waals surface area contributed by atoms with Crippen LogP contribution in [0.1, 0.15) is 23.6 Å². The van der Waals surface area contributed by atoms with Gasteiger partial charge in [-0.3, -0.25) is 5.43 Å². The molecule has 22 heavy (non-hydrogen) atoms. The van der Waals surface area contributed by atoms with Crippen LogP contribution in [0.15, 0.2) is 54.6 Å². The largest absolute Gasteiger partial charge is 0.489 e. The molecule has 116 valence electrons. The lowest BCUT2D eigenvalue weighted by Gasteiger charge is -2.16. The van der Waals surface area contributed by atoms with Crippen LogP contribution in [0.2, 0.25) is 0 Å². The molecule has 0 amide bonds. The summed E-state index contributed by atoms with van der Waals surface area (Å²) < 4.78 is 6.05. The van der Waals surface area contributed by atoms with Crippen LogP contribution in [0.3, 0.4) is 0 Å². The highest BCUT2D eigenvalue weighted by Crippen LogP contribution is 2.30. The van der Waals surface area contributed by atoms with Gasteiger partial charge in [-0.2, -0.15) is 0 Å². The van der Waals surface area contributed by atoms with Gasteiger partial charge < -0.3 is 10.1 Å². The maximum absolute atomic E-state index is 6.05. The Balaban J connectivity index is 1.68. The van der Waals surface area contributed by atoms with Gasteiger partial charge in [0.15, 0.2) is 0 Å². The van der Waals surface area contributed by atoms with Gasteiger partial charge in [0, 0.05) is 18.2 Å². The summed E-state index contributed by atoms with van der Waals surface area (Å²) in [6.45, 7) is 1.55. The number of likely N-dealkylation sites (N-methyl/N-ethyl adjacent to an activating group) is 1. The maximum atomic E-state index is 6.05. The Bertz CT molecular complexity index is 588. The summed E-state index contributed by atoms with van der Waals surface area (Å²) in [6.07, 6.45) is 1.05. The summed E-state index contributed by atoms with van der Waals surface area (Å²) in [5.74, 6) is 0.954. The van der Waals surface area contributed by atoms with Gasteiger partial charge in [0.05, 0.1) is 6.04 Å². The Hall–Kier alpha value is -1.88. The van der Waals surface area contributed by atoms with E-state index in [1.165, 1.54) is 11.1 Å². The summed E-state index contributed by atoms with van der Waals surface area (Å²) in [4.78, 5) is 0. The number of rotatable bonds is 6. The van der Waals surface area contributed by atoms with Gasteiger partial charge in [0.1, 0.15) is 12.4 Å². The van der Waals surface area contributed by atoms with Crippen LogP contribution in [-0.2, 0) is 6.61 Å². The molecule has 1 fully saturated rings. The molecule has 4 nitrogen and oxygen atoms in total. The second kappa shape index (κ2) is 7.40. The van der Waals surface area contributed by atoms with Crippen LogP contribution in [0.25, 0.3) is 0 Å². The number of hydrogen-bond donors (Lipinski definition) is 3. The number of hydrogen-bond acceptors (Lipinski definition) is 4. The number of para-hydroxylation sites is 1. The zero-order valence-corrected chi connectivity index (χ0v) is 12.9. The fourth-order valence-electron chi connectivity index (χ4n) is 2.84. The molecule has 1 saturated heterocycles. The topological polar surface area (TPSA) is 45.3 Å². The molecule has 0 aromatic heterocycles. The predicted molar refractivity (Wildman–Crippen MR) is 88.6 cm³/mol. The van der Waals surface area contributed by atoms with Crippen LogP contribution < -0.4 is 20.9 Å². The van der Waals surface area contributed by atoms with E-state index in [1.807, 2.05) is 37.4 Å². The third kappa shape index (κ3) is 3.65. The molecule has 1 aliphatic rings. The van der Waals surface area contributed by atoms with Crippen molar-refractivity contribution in [2.75, 3.05) is 13.6 Å². The van der Waals surface area contributed by atoms with E-state index in [4.69, 9.17) is 4.74 Å². The normalized spacial score (nSPS) is 21.0.